The molecule has 0 aliphatic heterocycles. The Bertz CT molecular complexity index is 649. The zero-order chi connectivity index (χ0) is 17.4. The lowest BCUT2D eigenvalue weighted by Crippen LogP contribution is -2.37. The van der Waals surface area contributed by atoms with Crippen LogP contribution in [0.4, 0.5) is 5.69 Å². The molecule has 0 radical (unpaired) electrons. The molecule has 0 aromatic heterocycles. The number of nitrogens with zero attached hydrogens (tertiary/aromatic N) is 1. The minimum atomic E-state index is -0.560. The summed E-state index contributed by atoms with van der Waals surface area (Å²) in [7, 11) is 2.04. The predicted octanol–water partition coefficient (Wildman–Crippen LogP) is 3.75. The van der Waals surface area contributed by atoms with Crippen LogP contribution in [0.2, 0.25) is 5.02 Å². The van der Waals surface area contributed by atoms with Gasteiger partial charge in [0.15, 0.2) is 6.10 Å². The van der Waals surface area contributed by atoms with E-state index in [-0.39, 0.29) is 5.91 Å². The average Bonchev–Trinajstić information content (AvgIpc) is 2.59. The molecule has 1 N–H and O–H groups in total. The fraction of sp³-hybridized carbons (Fsp3) is 0.316. The molecule has 2 aromatic carbocycles. The van der Waals surface area contributed by atoms with Crippen LogP contribution >= 0.6 is 11.6 Å². The third-order valence-electron chi connectivity index (χ3n) is 3.64. The summed E-state index contributed by atoms with van der Waals surface area (Å²) in [6, 6.07) is 17.2. The summed E-state index contributed by atoms with van der Waals surface area (Å²) in [4.78, 5) is 14.2. The third-order valence-corrected chi connectivity index (χ3v) is 3.88. The second kappa shape index (κ2) is 9.18. The number of halogens is 1. The van der Waals surface area contributed by atoms with Gasteiger partial charge in [-0.3, -0.25) is 4.79 Å². The van der Waals surface area contributed by atoms with E-state index in [0.29, 0.717) is 17.3 Å². The van der Waals surface area contributed by atoms with Crippen molar-refractivity contribution < 1.29 is 9.53 Å². The van der Waals surface area contributed by atoms with Crippen molar-refractivity contribution in [3.8, 4) is 5.75 Å². The summed E-state index contributed by atoms with van der Waals surface area (Å²) in [6.45, 7) is 3.21. The normalized spacial score (nSPS) is 11.6. The molecule has 0 saturated carbocycles. The number of rotatable bonds is 8. The van der Waals surface area contributed by atoms with Gasteiger partial charge in [0.25, 0.3) is 5.91 Å². The zero-order valence-corrected chi connectivity index (χ0v) is 14.8. The van der Waals surface area contributed by atoms with E-state index in [1.54, 1.807) is 31.2 Å². The lowest BCUT2D eigenvalue weighted by Gasteiger charge is -2.19. The van der Waals surface area contributed by atoms with E-state index in [1.165, 1.54) is 5.69 Å². The Morgan fingerprint density at radius 2 is 1.96 bits per heavy atom. The molecular weight excluding hydrogens is 324 g/mol. The fourth-order valence-corrected chi connectivity index (χ4v) is 2.46. The summed E-state index contributed by atoms with van der Waals surface area (Å²) in [6.07, 6.45) is 0.302. The highest BCUT2D eigenvalue weighted by Crippen LogP contribution is 2.18. The summed E-state index contributed by atoms with van der Waals surface area (Å²) in [5, 5.41) is 3.49. The molecule has 1 atom stereocenters. The highest BCUT2D eigenvalue weighted by molar-refractivity contribution is 6.30. The standard InChI is InChI=1S/C19H23ClN2O2/c1-15(24-18-11-6-8-16(20)14-18)19(23)21-12-7-13-22(2)17-9-4-3-5-10-17/h3-6,8-11,14-15H,7,12-13H2,1-2H3,(H,21,23)/t15-/m1/s1. The van der Waals surface area contributed by atoms with Crippen LogP contribution < -0.4 is 15.0 Å². The zero-order valence-electron chi connectivity index (χ0n) is 14.0. The van der Waals surface area contributed by atoms with Crippen LogP contribution in [0.25, 0.3) is 0 Å². The van der Waals surface area contributed by atoms with E-state index in [1.807, 2.05) is 25.2 Å². The summed E-state index contributed by atoms with van der Waals surface area (Å²) >= 11 is 5.91. The van der Waals surface area contributed by atoms with Gasteiger partial charge in [-0.25, -0.2) is 0 Å². The summed E-state index contributed by atoms with van der Waals surface area (Å²) in [5.74, 6) is 0.464. The smallest absolute Gasteiger partial charge is 0.260 e. The number of hydrogen-bond acceptors (Lipinski definition) is 3. The second-order valence-electron chi connectivity index (χ2n) is 5.62. The summed E-state index contributed by atoms with van der Waals surface area (Å²) < 4.78 is 5.60. The molecule has 2 aromatic rings. The number of hydrogen-bond donors (Lipinski definition) is 1. The van der Waals surface area contributed by atoms with Gasteiger partial charge in [0, 0.05) is 30.8 Å². The monoisotopic (exact) mass is 346 g/mol. The van der Waals surface area contributed by atoms with Crippen molar-refractivity contribution in [2.75, 3.05) is 25.0 Å². The number of carbonyl (C=O) groups excluding carboxylic acids is 1. The summed E-state index contributed by atoms with van der Waals surface area (Å²) in [5.41, 5.74) is 1.17. The average molecular weight is 347 g/mol. The Balaban J connectivity index is 1.69. The van der Waals surface area contributed by atoms with E-state index >= 15 is 0 Å². The Labute approximate surface area is 148 Å². The lowest BCUT2D eigenvalue weighted by molar-refractivity contribution is -0.127. The Morgan fingerprint density at radius 3 is 2.67 bits per heavy atom. The van der Waals surface area contributed by atoms with Crippen molar-refractivity contribution >= 4 is 23.2 Å². The van der Waals surface area contributed by atoms with Gasteiger partial charge in [-0.2, -0.15) is 0 Å². The maximum absolute atomic E-state index is 12.1. The van der Waals surface area contributed by atoms with Gasteiger partial charge in [-0.15, -0.1) is 0 Å². The minimum absolute atomic E-state index is 0.127. The highest BCUT2D eigenvalue weighted by atomic mass is 35.5. The van der Waals surface area contributed by atoms with Crippen molar-refractivity contribution in [3.05, 3.63) is 59.6 Å². The van der Waals surface area contributed by atoms with Gasteiger partial charge in [0.1, 0.15) is 5.75 Å². The molecule has 0 fully saturated rings. The highest BCUT2D eigenvalue weighted by Gasteiger charge is 2.14. The molecule has 0 spiro atoms. The molecule has 4 nitrogen and oxygen atoms in total. The molecule has 0 saturated heterocycles. The van der Waals surface area contributed by atoms with E-state index in [4.69, 9.17) is 16.3 Å². The Morgan fingerprint density at radius 1 is 1.21 bits per heavy atom. The Kier molecular flexibility index (Phi) is 6.94. The third kappa shape index (κ3) is 5.78. The quantitative estimate of drug-likeness (QED) is 0.740. The molecule has 0 unspecified atom stereocenters. The van der Waals surface area contributed by atoms with E-state index in [9.17, 15) is 4.79 Å². The van der Waals surface area contributed by atoms with Crippen LogP contribution in [0.15, 0.2) is 54.6 Å². The number of benzene rings is 2. The van der Waals surface area contributed by atoms with Gasteiger partial charge in [-0.1, -0.05) is 35.9 Å². The molecule has 0 bridgehead atoms. The van der Waals surface area contributed by atoms with Gasteiger partial charge in [0.2, 0.25) is 0 Å². The van der Waals surface area contributed by atoms with Crippen LogP contribution in [0.5, 0.6) is 5.75 Å². The van der Waals surface area contributed by atoms with Crippen LogP contribution in [0.1, 0.15) is 13.3 Å². The first kappa shape index (κ1) is 18.1. The molecule has 5 heteroatoms. The molecule has 0 aliphatic carbocycles. The number of carbonyl (C=O) groups is 1. The number of anilines is 1. The first-order valence-electron chi connectivity index (χ1n) is 8.02. The van der Waals surface area contributed by atoms with Crippen LogP contribution in [0.3, 0.4) is 0 Å². The maximum Gasteiger partial charge on any atom is 0.260 e. The molecule has 0 heterocycles. The predicted molar refractivity (Wildman–Crippen MR) is 98.9 cm³/mol. The van der Waals surface area contributed by atoms with Crippen molar-refractivity contribution in [2.45, 2.75) is 19.4 Å². The van der Waals surface area contributed by atoms with Gasteiger partial charge in [-0.05, 0) is 43.7 Å². The topological polar surface area (TPSA) is 41.6 Å². The fourth-order valence-electron chi connectivity index (χ4n) is 2.28. The molecule has 24 heavy (non-hydrogen) atoms. The number of ether oxygens (including phenoxy) is 1. The van der Waals surface area contributed by atoms with Crippen molar-refractivity contribution in [3.63, 3.8) is 0 Å². The van der Waals surface area contributed by atoms with Crippen molar-refractivity contribution in [2.24, 2.45) is 0 Å². The van der Waals surface area contributed by atoms with Crippen LogP contribution in [-0.2, 0) is 4.79 Å². The van der Waals surface area contributed by atoms with Crippen LogP contribution in [0, 0.1) is 0 Å². The maximum atomic E-state index is 12.1. The van der Waals surface area contributed by atoms with Crippen molar-refractivity contribution in [1.82, 2.24) is 5.32 Å². The first-order valence-corrected chi connectivity index (χ1v) is 8.40. The molecule has 1 amide bonds. The first-order chi connectivity index (χ1) is 11.6. The van der Waals surface area contributed by atoms with E-state index < -0.39 is 6.10 Å². The minimum Gasteiger partial charge on any atom is -0.481 e. The second-order valence-corrected chi connectivity index (χ2v) is 6.06. The van der Waals surface area contributed by atoms with Crippen molar-refractivity contribution in [1.29, 1.82) is 0 Å². The molecular formula is C19H23ClN2O2. The number of amides is 1. The van der Waals surface area contributed by atoms with Crippen LogP contribution in [-0.4, -0.2) is 32.1 Å². The number of nitrogens with one attached hydrogen (secondary N) is 1. The van der Waals surface area contributed by atoms with E-state index in [0.717, 1.165) is 13.0 Å². The Hall–Kier alpha value is -2.20. The van der Waals surface area contributed by atoms with E-state index in [2.05, 4.69) is 22.3 Å². The molecule has 128 valence electrons. The molecule has 0 aliphatic rings. The van der Waals surface area contributed by atoms with Gasteiger partial charge in [0.05, 0.1) is 0 Å². The largest absolute Gasteiger partial charge is 0.481 e. The SMILES string of the molecule is C[C@@H](Oc1cccc(Cl)c1)C(=O)NCCCN(C)c1ccccc1. The lowest BCUT2D eigenvalue weighted by atomic mass is 10.3. The molecule has 2 rings (SSSR count). The van der Waals surface area contributed by atoms with Gasteiger partial charge >= 0.3 is 0 Å². The van der Waals surface area contributed by atoms with Gasteiger partial charge < -0.3 is 15.0 Å². The number of para-hydroxylation sites is 1.